The van der Waals surface area contributed by atoms with Gasteiger partial charge in [-0.2, -0.15) is 0 Å². The number of halogens is 2. The summed E-state index contributed by atoms with van der Waals surface area (Å²) in [5, 5.41) is 0. The number of unbranched alkanes of at least 4 members (excludes halogenated alkanes) is 1. The molecule has 1 fully saturated rings. The van der Waals surface area contributed by atoms with Crippen LogP contribution in [0.25, 0.3) is 0 Å². The van der Waals surface area contributed by atoms with E-state index in [4.69, 9.17) is 0 Å². The first-order valence-corrected chi connectivity index (χ1v) is 4.59. The van der Waals surface area contributed by atoms with Crippen LogP contribution in [0.3, 0.4) is 0 Å². The SMILES string of the molecule is Cl.Cl.O=CCCCN1CCCCC1. The van der Waals surface area contributed by atoms with Crippen molar-refractivity contribution in [3.05, 3.63) is 0 Å². The Kier molecular flexibility index (Phi) is 12.4. The normalized spacial score (nSPS) is 16.9. The molecule has 1 saturated heterocycles. The standard InChI is InChI=1S/C9H17NO.2ClH/c11-9-5-4-8-10-6-2-1-3-7-10;;/h9H,1-8H2;2*1H. The van der Waals surface area contributed by atoms with Gasteiger partial charge in [0.15, 0.2) is 0 Å². The first-order chi connectivity index (χ1) is 5.43. The molecule has 0 N–H and O–H groups in total. The summed E-state index contributed by atoms with van der Waals surface area (Å²) in [5.74, 6) is 0. The van der Waals surface area contributed by atoms with Crippen LogP contribution in [-0.2, 0) is 4.79 Å². The molecule has 80 valence electrons. The second-order valence-electron chi connectivity index (χ2n) is 3.21. The van der Waals surface area contributed by atoms with Gasteiger partial charge in [0, 0.05) is 6.42 Å². The Morgan fingerprint density at radius 2 is 1.69 bits per heavy atom. The van der Waals surface area contributed by atoms with Crippen LogP contribution in [0.15, 0.2) is 0 Å². The van der Waals surface area contributed by atoms with E-state index in [1.54, 1.807) is 0 Å². The minimum Gasteiger partial charge on any atom is -0.303 e. The molecule has 0 aromatic carbocycles. The summed E-state index contributed by atoms with van der Waals surface area (Å²) in [4.78, 5) is 12.5. The second-order valence-corrected chi connectivity index (χ2v) is 3.21. The van der Waals surface area contributed by atoms with E-state index in [2.05, 4.69) is 4.90 Å². The first-order valence-electron chi connectivity index (χ1n) is 4.59. The third-order valence-electron chi connectivity index (χ3n) is 2.25. The third kappa shape index (κ3) is 7.29. The summed E-state index contributed by atoms with van der Waals surface area (Å²) in [6, 6.07) is 0. The fourth-order valence-corrected chi connectivity index (χ4v) is 1.58. The van der Waals surface area contributed by atoms with E-state index < -0.39 is 0 Å². The molecule has 1 heterocycles. The Bertz CT molecular complexity index is 116. The zero-order valence-electron chi connectivity index (χ0n) is 7.91. The summed E-state index contributed by atoms with van der Waals surface area (Å²) in [6.07, 6.45) is 6.89. The van der Waals surface area contributed by atoms with Gasteiger partial charge in [0.1, 0.15) is 6.29 Å². The number of piperidine rings is 1. The van der Waals surface area contributed by atoms with E-state index in [1.807, 2.05) is 0 Å². The number of rotatable bonds is 4. The largest absolute Gasteiger partial charge is 0.303 e. The highest BCUT2D eigenvalue weighted by molar-refractivity contribution is 5.85. The zero-order valence-corrected chi connectivity index (χ0v) is 9.54. The lowest BCUT2D eigenvalue weighted by Crippen LogP contribution is -2.30. The van der Waals surface area contributed by atoms with Crippen molar-refractivity contribution in [2.45, 2.75) is 32.1 Å². The van der Waals surface area contributed by atoms with Crippen LogP contribution in [0.1, 0.15) is 32.1 Å². The van der Waals surface area contributed by atoms with Crippen molar-refractivity contribution in [2.75, 3.05) is 19.6 Å². The van der Waals surface area contributed by atoms with Crippen molar-refractivity contribution < 1.29 is 4.79 Å². The fraction of sp³-hybridized carbons (Fsp3) is 0.889. The summed E-state index contributed by atoms with van der Waals surface area (Å²) in [7, 11) is 0. The lowest BCUT2D eigenvalue weighted by molar-refractivity contribution is -0.108. The molecule has 0 radical (unpaired) electrons. The maximum atomic E-state index is 10.0. The van der Waals surface area contributed by atoms with Crippen molar-refractivity contribution >= 4 is 31.1 Å². The van der Waals surface area contributed by atoms with Gasteiger partial charge in [-0.25, -0.2) is 0 Å². The summed E-state index contributed by atoms with van der Waals surface area (Å²) < 4.78 is 0. The van der Waals surface area contributed by atoms with Gasteiger partial charge in [-0.3, -0.25) is 0 Å². The molecular formula is C9H19Cl2NO. The van der Waals surface area contributed by atoms with Crippen molar-refractivity contribution in [2.24, 2.45) is 0 Å². The molecule has 1 rings (SSSR count). The summed E-state index contributed by atoms with van der Waals surface area (Å²) in [6.45, 7) is 3.62. The number of aldehydes is 1. The van der Waals surface area contributed by atoms with Gasteiger partial charge >= 0.3 is 0 Å². The Morgan fingerprint density at radius 3 is 2.23 bits per heavy atom. The molecule has 0 atom stereocenters. The smallest absolute Gasteiger partial charge is 0.120 e. The van der Waals surface area contributed by atoms with Crippen LogP contribution in [0, 0.1) is 0 Å². The summed E-state index contributed by atoms with van der Waals surface area (Å²) in [5.41, 5.74) is 0. The summed E-state index contributed by atoms with van der Waals surface area (Å²) >= 11 is 0. The molecular weight excluding hydrogens is 209 g/mol. The number of carbonyl (C=O) groups is 1. The van der Waals surface area contributed by atoms with Crippen LogP contribution >= 0.6 is 24.8 Å². The van der Waals surface area contributed by atoms with E-state index in [9.17, 15) is 4.79 Å². The van der Waals surface area contributed by atoms with Crippen LogP contribution in [0.4, 0.5) is 0 Å². The Labute approximate surface area is 92.9 Å². The molecule has 0 amide bonds. The van der Waals surface area contributed by atoms with Crippen LogP contribution < -0.4 is 0 Å². The molecule has 0 aliphatic carbocycles. The molecule has 0 saturated carbocycles. The second kappa shape index (κ2) is 10.3. The third-order valence-corrected chi connectivity index (χ3v) is 2.25. The maximum absolute atomic E-state index is 10.0. The van der Waals surface area contributed by atoms with Gasteiger partial charge in [0.25, 0.3) is 0 Å². The van der Waals surface area contributed by atoms with Gasteiger partial charge in [0.05, 0.1) is 0 Å². The average Bonchev–Trinajstić information content (AvgIpc) is 2.07. The highest BCUT2D eigenvalue weighted by atomic mass is 35.5. The van der Waals surface area contributed by atoms with E-state index >= 15 is 0 Å². The highest BCUT2D eigenvalue weighted by Crippen LogP contribution is 2.08. The lowest BCUT2D eigenvalue weighted by atomic mass is 10.1. The molecule has 13 heavy (non-hydrogen) atoms. The molecule has 0 spiro atoms. The number of hydrogen-bond acceptors (Lipinski definition) is 2. The molecule has 1 aliphatic rings. The van der Waals surface area contributed by atoms with E-state index in [0.717, 1.165) is 25.7 Å². The molecule has 4 heteroatoms. The van der Waals surface area contributed by atoms with E-state index in [0.29, 0.717) is 0 Å². The van der Waals surface area contributed by atoms with Gasteiger partial charge in [-0.05, 0) is 38.9 Å². The minimum absolute atomic E-state index is 0. The van der Waals surface area contributed by atoms with Crippen LogP contribution in [0.5, 0.6) is 0 Å². The van der Waals surface area contributed by atoms with Crippen LogP contribution in [0.2, 0.25) is 0 Å². The predicted octanol–water partition coefficient (Wildman–Crippen LogP) is 2.29. The van der Waals surface area contributed by atoms with E-state index in [1.165, 1.54) is 32.4 Å². The van der Waals surface area contributed by atoms with Crippen molar-refractivity contribution in [1.82, 2.24) is 4.90 Å². The molecule has 0 aromatic heterocycles. The Hall–Kier alpha value is 0.210. The molecule has 1 aliphatic heterocycles. The first kappa shape index (κ1) is 15.7. The maximum Gasteiger partial charge on any atom is 0.120 e. The minimum atomic E-state index is 0. The predicted molar refractivity (Wildman–Crippen MR) is 60.1 cm³/mol. The number of likely N-dealkylation sites (tertiary alicyclic amines) is 1. The van der Waals surface area contributed by atoms with Gasteiger partial charge in [-0.15, -0.1) is 24.8 Å². The highest BCUT2D eigenvalue weighted by Gasteiger charge is 2.08. The lowest BCUT2D eigenvalue weighted by Gasteiger charge is -2.25. The monoisotopic (exact) mass is 227 g/mol. The van der Waals surface area contributed by atoms with Crippen LogP contribution in [-0.4, -0.2) is 30.8 Å². The Balaban J connectivity index is 0. The molecule has 0 bridgehead atoms. The molecule has 2 nitrogen and oxygen atoms in total. The van der Waals surface area contributed by atoms with Crippen molar-refractivity contribution in [3.8, 4) is 0 Å². The molecule has 0 aromatic rings. The topological polar surface area (TPSA) is 20.3 Å². The van der Waals surface area contributed by atoms with Gasteiger partial charge in [0.2, 0.25) is 0 Å². The fourth-order valence-electron chi connectivity index (χ4n) is 1.58. The van der Waals surface area contributed by atoms with Gasteiger partial charge < -0.3 is 9.69 Å². The Morgan fingerprint density at radius 1 is 1.08 bits per heavy atom. The zero-order chi connectivity index (χ0) is 7.94. The van der Waals surface area contributed by atoms with E-state index in [-0.39, 0.29) is 24.8 Å². The van der Waals surface area contributed by atoms with Crippen molar-refractivity contribution in [3.63, 3.8) is 0 Å². The average molecular weight is 228 g/mol. The molecule has 0 unspecified atom stereocenters. The number of carbonyl (C=O) groups excluding carboxylic acids is 1. The number of hydrogen-bond donors (Lipinski definition) is 0. The van der Waals surface area contributed by atoms with Crippen molar-refractivity contribution in [1.29, 1.82) is 0 Å². The quantitative estimate of drug-likeness (QED) is 0.543. The van der Waals surface area contributed by atoms with Gasteiger partial charge in [-0.1, -0.05) is 6.42 Å². The number of nitrogens with zero attached hydrogens (tertiary/aromatic N) is 1.